The number of likely N-dealkylation sites (N-methyl/N-ethyl adjacent to an activating group) is 1. The van der Waals surface area contributed by atoms with E-state index in [4.69, 9.17) is 4.74 Å². The summed E-state index contributed by atoms with van der Waals surface area (Å²) in [5.41, 5.74) is 0.875. The third-order valence-corrected chi connectivity index (χ3v) is 3.89. The summed E-state index contributed by atoms with van der Waals surface area (Å²) in [6.07, 6.45) is 1.83. The van der Waals surface area contributed by atoms with Crippen LogP contribution in [0.2, 0.25) is 0 Å². The van der Waals surface area contributed by atoms with Gasteiger partial charge in [-0.2, -0.15) is 0 Å². The second kappa shape index (κ2) is 5.63. The van der Waals surface area contributed by atoms with Crippen LogP contribution in [0.1, 0.15) is 6.92 Å². The highest BCUT2D eigenvalue weighted by Crippen LogP contribution is 2.21. The first-order valence-electron chi connectivity index (χ1n) is 7.08. The highest BCUT2D eigenvalue weighted by atomic mass is 16.5. The molecule has 0 aliphatic carbocycles. The average molecular weight is 272 g/mol. The van der Waals surface area contributed by atoms with E-state index in [0.29, 0.717) is 5.88 Å². The maximum atomic E-state index is 5.14. The third-order valence-electron chi connectivity index (χ3n) is 3.89. The fourth-order valence-corrected chi connectivity index (χ4v) is 2.58. The van der Waals surface area contributed by atoms with E-state index in [0.717, 1.165) is 49.4 Å². The van der Waals surface area contributed by atoms with Crippen LogP contribution in [0, 0.1) is 0 Å². The molecule has 0 atom stereocenters. The van der Waals surface area contributed by atoms with Crippen molar-refractivity contribution in [1.82, 2.24) is 14.9 Å². The van der Waals surface area contributed by atoms with Gasteiger partial charge in [0.2, 0.25) is 5.88 Å². The summed E-state index contributed by atoms with van der Waals surface area (Å²) in [5.74, 6) is 1.67. The smallest absolute Gasteiger partial charge is 0.213 e. The molecule has 0 unspecified atom stereocenters. The zero-order valence-corrected chi connectivity index (χ0v) is 12.0. The maximum Gasteiger partial charge on any atom is 0.213 e. The maximum absolute atomic E-state index is 5.14. The van der Waals surface area contributed by atoms with Gasteiger partial charge in [0.05, 0.1) is 18.8 Å². The van der Waals surface area contributed by atoms with Gasteiger partial charge < -0.3 is 14.5 Å². The van der Waals surface area contributed by atoms with Gasteiger partial charge in [0.25, 0.3) is 0 Å². The van der Waals surface area contributed by atoms with Crippen molar-refractivity contribution in [2.24, 2.45) is 0 Å². The summed E-state index contributed by atoms with van der Waals surface area (Å²) in [7, 11) is 1.63. The van der Waals surface area contributed by atoms with E-state index in [1.54, 1.807) is 7.11 Å². The summed E-state index contributed by atoms with van der Waals surface area (Å²) in [6, 6.07) is 6.04. The number of anilines is 1. The quantitative estimate of drug-likeness (QED) is 0.852. The van der Waals surface area contributed by atoms with E-state index < -0.39 is 0 Å². The van der Waals surface area contributed by atoms with Crippen molar-refractivity contribution in [3.8, 4) is 5.88 Å². The van der Waals surface area contributed by atoms with Crippen molar-refractivity contribution in [2.45, 2.75) is 6.92 Å². The van der Waals surface area contributed by atoms with Gasteiger partial charge in [-0.05, 0) is 18.7 Å². The number of aromatic nitrogens is 2. The van der Waals surface area contributed by atoms with Crippen molar-refractivity contribution in [3.63, 3.8) is 0 Å². The standard InChI is InChI=1S/C15H20N4O/c1-3-18-6-8-19(9-7-18)14-10-12-4-5-15(20-2)17-13(12)11-16-14/h4-5,10-11H,3,6-9H2,1-2H3. The molecule has 106 valence electrons. The Morgan fingerprint density at radius 3 is 2.70 bits per heavy atom. The van der Waals surface area contributed by atoms with Gasteiger partial charge in [-0.15, -0.1) is 0 Å². The Hall–Kier alpha value is -1.88. The SMILES string of the molecule is CCN1CCN(c2cc3ccc(OC)nc3cn2)CC1. The molecular weight excluding hydrogens is 252 g/mol. The summed E-state index contributed by atoms with van der Waals surface area (Å²) in [5, 5.41) is 1.11. The molecule has 0 aromatic carbocycles. The van der Waals surface area contributed by atoms with Crippen molar-refractivity contribution in [2.75, 3.05) is 44.7 Å². The Balaban J connectivity index is 1.82. The van der Waals surface area contributed by atoms with Gasteiger partial charge in [-0.1, -0.05) is 6.92 Å². The molecule has 3 rings (SSSR count). The lowest BCUT2D eigenvalue weighted by Crippen LogP contribution is -2.46. The van der Waals surface area contributed by atoms with Crippen LogP contribution in [0.25, 0.3) is 10.9 Å². The number of piperazine rings is 1. The molecule has 0 bridgehead atoms. The molecule has 2 aromatic heterocycles. The van der Waals surface area contributed by atoms with Crippen LogP contribution in [0.3, 0.4) is 0 Å². The number of rotatable bonds is 3. The van der Waals surface area contributed by atoms with Gasteiger partial charge in [-0.3, -0.25) is 0 Å². The Kier molecular flexibility index (Phi) is 3.69. The van der Waals surface area contributed by atoms with Crippen LogP contribution in [0.5, 0.6) is 5.88 Å². The van der Waals surface area contributed by atoms with Gasteiger partial charge in [-0.25, -0.2) is 9.97 Å². The molecule has 1 aliphatic rings. The lowest BCUT2D eigenvalue weighted by Gasteiger charge is -2.34. The highest BCUT2D eigenvalue weighted by molar-refractivity contribution is 5.81. The number of ether oxygens (including phenoxy) is 1. The molecule has 2 aromatic rings. The first-order chi connectivity index (χ1) is 9.80. The molecule has 0 spiro atoms. The Morgan fingerprint density at radius 2 is 2.00 bits per heavy atom. The van der Waals surface area contributed by atoms with Gasteiger partial charge >= 0.3 is 0 Å². The summed E-state index contributed by atoms with van der Waals surface area (Å²) in [4.78, 5) is 13.7. The normalized spacial score (nSPS) is 16.6. The Morgan fingerprint density at radius 1 is 1.20 bits per heavy atom. The molecule has 1 fully saturated rings. The van der Waals surface area contributed by atoms with E-state index >= 15 is 0 Å². The molecule has 3 heterocycles. The molecule has 20 heavy (non-hydrogen) atoms. The van der Waals surface area contributed by atoms with E-state index in [2.05, 4.69) is 32.8 Å². The molecule has 1 saturated heterocycles. The fourth-order valence-electron chi connectivity index (χ4n) is 2.58. The van der Waals surface area contributed by atoms with Crippen LogP contribution in [-0.4, -0.2) is 54.7 Å². The average Bonchev–Trinajstić information content (AvgIpc) is 2.54. The molecular formula is C15H20N4O. The van der Waals surface area contributed by atoms with Crippen LogP contribution in [0.15, 0.2) is 24.4 Å². The molecule has 1 aliphatic heterocycles. The molecule has 0 N–H and O–H groups in total. The minimum atomic E-state index is 0.628. The monoisotopic (exact) mass is 272 g/mol. The van der Waals surface area contributed by atoms with E-state index in [9.17, 15) is 0 Å². The van der Waals surface area contributed by atoms with Gasteiger partial charge in [0.1, 0.15) is 5.82 Å². The number of hydrogen-bond donors (Lipinski definition) is 0. The first-order valence-corrected chi connectivity index (χ1v) is 7.08. The minimum absolute atomic E-state index is 0.628. The lowest BCUT2D eigenvalue weighted by atomic mass is 10.2. The molecule has 0 saturated carbocycles. The Labute approximate surface area is 119 Å². The number of fused-ring (bicyclic) bond motifs is 1. The first kappa shape index (κ1) is 13.1. The number of pyridine rings is 2. The van der Waals surface area contributed by atoms with E-state index in [1.165, 1.54) is 0 Å². The summed E-state index contributed by atoms with van der Waals surface area (Å²) >= 11 is 0. The van der Waals surface area contributed by atoms with E-state index in [-0.39, 0.29) is 0 Å². The second-order valence-corrected chi connectivity index (χ2v) is 5.01. The topological polar surface area (TPSA) is 41.5 Å². The van der Waals surface area contributed by atoms with Crippen LogP contribution < -0.4 is 9.64 Å². The predicted molar refractivity (Wildman–Crippen MR) is 80.4 cm³/mol. The largest absolute Gasteiger partial charge is 0.481 e. The van der Waals surface area contributed by atoms with E-state index in [1.807, 2.05) is 18.3 Å². The Bertz CT molecular complexity index is 593. The molecule has 5 nitrogen and oxygen atoms in total. The number of hydrogen-bond acceptors (Lipinski definition) is 5. The highest BCUT2D eigenvalue weighted by Gasteiger charge is 2.17. The fraction of sp³-hybridized carbons (Fsp3) is 0.467. The van der Waals surface area contributed by atoms with Crippen LogP contribution in [0.4, 0.5) is 5.82 Å². The van der Waals surface area contributed by atoms with Crippen molar-refractivity contribution in [1.29, 1.82) is 0 Å². The lowest BCUT2D eigenvalue weighted by molar-refractivity contribution is 0.270. The van der Waals surface area contributed by atoms with Crippen molar-refractivity contribution >= 4 is 16.7 Å². The zero-order chi connectivity index (χ0) is 13.9. The van der Waals surface area contributed by atoms with Gasteiger partial charge in [0, 0.05) is 37.6 Å². The molecule has 0 radical (unpaired) electrons. The summed E-state index contributed by atoms with van der Waals surface area (Å²) in [6.45, 7) is 7.63. The number of methoxy groups -OCH3 is 1. The predicted octanol–water partition coefficient (Wildman–Crippen LogP) is 1.78. The van der Waals surface area contributed by atoms with Crippen LogP contribution in [-0.2, 0) is 0 Å². The minimum Gasteiger partial charge on any atom is -0.481 e. The molecule has 0 amide bonds. The van der Waals surface area contributed by atoms with Crippen LogP contribution >= 0.6 is 0 Å². The van der Waals surface area contributed by atoms with Crippen molar-refractivity contribution < 1.29 is 4.74 Å². The summed E-state index contributed by atoms with van der Waals surface area (Å²) < 4.78 is 5.14. The zero-order valence-electron chi connectivity index (χ0n) is 12.0. The van der Waals surface area contributed by atoms with Crippen molar-refractivity contribution in [3.05, 3.63) is 24.4 Å². The number of nitrogens with zero attached hydrogens (tertiary/aromatic N) is 4. The molecule has 5 heteroatoms. The third kappa shape index (κ3) is 2.54. The van der Waals surface area contributed by atoms with Gasteiger partial charge in [0.15, 0.2) is 0 Å². The second-order valence-electron chi connectivity index (χ2n) is 5.01.